The van der Waals surface area contributed by atoms with Crippen LogP contribution in [0.3, 0.4) is 0 Å². The Bertz CT molecular complexity index is 185. The van der Waals surface area contributed by atoms with Crippen LogP contribution in [-0.2, 0) is 4.79 Å². The molecule has 0 unspecified atom stereocenters. The Morgan fingerprint density at radius 2 is 2.07 bits per heavy atom. The summed E-state index contributed by atoms with van der Waals surface area (Å²) in [7, 11) is 0. The van der Waals surface area contributed by atoms with Crippen molar-refractivity contribution >= 4 is 5.78 Å². The molecular formula is C12H23NO. The lowest BCUT2D eigenvalue weighted by molar-refractivity contribution is -0.123. The normalized spacial score (nSPS) is 16.6. The fraction of sp³-hybridized carbons (Fsp3) is 0.917. The van der Waals surface area contributed by atoms with Crippen LogP contribution in [0.1, 0.15) is 40.0 Å². The molecule has 1 saturated carbocycles. The molecular weight excluding hydrogens is 174 g/mol. The Balaban J connectivity index is 2.29. The van der Waals surface area contributed by atoms with Gasteiger partial charge in [0.25, 0.3) is 0 Å². The van der Waals surface area contributed by atoms with Crippen LogP contribution in [-0.4, -0.2) is 30.3 Å². The maximum Gasteiger partial charge on any atom is 0.149 e. The highest BCUT2D eigenvalue weighted by Crippen LogP contribution is 2.29. The summed E-state index contributed by atoms with van der Waals surface area (Å²) in [6, 6.07) is 0. The fourth-order valence-corrected chi connectivity index (χ4v) is 1.62. The molecule has 0 saturated heterocycles. The van der Waals surface area contributed by atoms with Crippen molar-refractivity contribution in [1.82, 2.24) is 4.90 Å². The summed E-state index contributed by atoms with van der Waals surface area (Å²) in [4.78, 5) is 13.9. The molecule has 0 aromatic carbocycles. The molecule has 0 atom stereocenters. The first-order valence-corrected chi connectivity index (χ1v) is 5.88. The van der Waals surface area contributed by atoms with Crippen molar-refractivity contribution in [3.05, 3.63) is 0 Å². The second-order valence-corrected chi connectivity index (χ2v) is 4.80. The zero-order valence-corrected chi connectivity index (χ0v) is 9.75. The van der Waals surface area contributed by atoms with Crippen molar-refractivity contribution in [2.45, 2.75) is 40.0 Å². The minimum Gasteiger partial charge on any atom is -0.298 e. The van der Waals surface area contributed by atoms with E-state index in [-0.39, 0.29) is 5.92 Å². The summed E-state index contributed by atoms with van der Waals surface area (Å²) in [6.45, 7) is 9.05. The Kier molecular flexibility index (Phi) is 4.59. The molecule has 82 valence electrons. The average Bonchev–Trinajstić information content (AvgIpc) is 2.88. The van der Waals surface area contributed by atoms with Gasteiger partial charge in [0.1, 0.15) is 5.78 Å². The average molecular weight is 197 g/mol. The van der Waals surface area contributed by atoms with Gasteiger partial charge in [0, 0.05) is 12.5 Å². The number of hydrogen-bond acceptors (Lipinski definition) is 2. The number of hydrogen-bond donors (Lipinski definition) is 0. The van der Waals surface area contributed by atoms with Gasteiger partial charge in [-0.3, -0.25) is 9.69 Å². The molecule has 0 aliphatic heterocycles. The van der Waals surface area contributed by atoms with Crippen LogP contribution >= 0.6 is 0 Å². The summed E-state index contributed by atoms with van der Waals surface area (Å²) in [5.74, 6) is 1.47. The van der Waals surface area contributed by atoms with Crippen molar-refractivity contribution in [2.75, 3.05) is 19.6 Å². The van der Waals surface area contributed by atoms with E-state index in [4.69, 9.17) is 0 Å². The zero-order chi connectivity index (χ0) is 10.6. The lowest BCUT2D eigenvalue weighted by atomic mass is 10.1. The highest BCUT2D eigenvalue weighted by molar-refractivity contribution is 5.82. The summed E-state index contributed by atoms with van der Waals surface area (Å²) in [6.07, 6.45) is 3.89. The lowest BCUT2D eigenvalue weighted by Crippen LogP contribution is -2.34. The van der Waals surface area contributed by atoms with Crippen molar-refractivity contribution < 1.29 is 4.79 Å². The van der Waals surface area contributed by atoms with E-state index < -0.39 is 0 Å². The van der Waals surface area contributed by atoms with Gasteiger partial charge in [-0.1, -0.05) is 20.8 Å². The molecule has 0 radical (unpaired) electrons. The monoisotopic (exact) mass is 197 g/mol. The van der Waals surface area contributed by atoms with Crippen LogP contribution in [0.4, 0.5) is 0 Å². The summed E-state index contributed by atoms with van der Waals surface area (Å²) in [5, 5.41) is 0. The van der Waals surface area contributed by atoms with Crippen LogP contribution in [0.15, 0.2) is 0 Å². The van der Waals surface area contributed by atoms with Crippen molar-refractivity contribution in [3.8, 4) is 0 Å². The number of nitrogens with zero attached hydrogens (tertiary/aromatic N) is 1. The standard InChI is InChI=1S/C12H23NO/c1-4-7-13(8-11-5-6-11)9-12(14)10(2)3/h10-11H,4-9H2,1-3H3. The SMILES string of the molecule is CCCN(CC(=O)C(C)C)CC1CC1. The van der Waals surface area contributed by atoms with E-state index in [1.54, 1.807) is 0 Å². The van der Waals surface area contributed by atoms with Gasteiger partial charge in [0.05, 0.1) is 6.54 Å². The predicted molar refractivity (Wildman–Crippen MR) is 59.3 cm³/mol. The number of carbonyl (C=O) groups is 1. The number of Topliss-reactive ketones (excluding diaryl/α,β-unsaturated/α-hetero) is 1. The van der Waals surface area contributed by atoms with E-state index in [0.29, 0.717) is 12.3 Å². The highest BCUT2D eigenvalue weighted by Gasteiger charge is 2.25. The van der Waals surface area contributed by atoms with Crippen LogP contribution in [0, 0.1) is 11.8 Å². The van der Waals surface area contributed by atoms with Crippen LogP contribution in [0.2, 0.25) is 0 Å². The topological polar surface area (TPSA) is 20.3 Å². The maximum absolute atomic E-state index is 11.6. The second kappa shape index (κ2) is 5.50. The van der Waals surface area contributed by atoms with Crippen LogP contribution < -0.4 is 0 Å². The van der Waals surface area contributed by atoms with Gasteiger partial charge in [-0.2, -0.15) is 0 Å². The van der Waals surface area contributed by atoms with Crippen LogP contribution in [0.25, 0.3) is 0 Å². The molecule has 1 fully saturated rings. The summed E-state index contributed by atoms with van der Waals surface area (Å²) in [5.41, 5.74) is 0. The first-order valence-electron chi connectivity index (χ1n) is 5.88. The third-order valence-corrected chi connectivity index (χ3v) is 2.78. The zero-order valence-electron chi connectivity index (χ0n) is 9.75. The van der Waals surface area contributed by atoms with Gasteiger partial charge >= 0.3 is 0 Å². The Labute approximate surface area is 87.7 Å². The minimum absolute atomic E-state index is 0.188. The first-order chi connectivity index (χ1) is 6.63. The number of rotatable bonds is 7. The van der Waals surface area contributed by atoms with Gasteiger partial charge in [-0.15, -0.1) is 0 Å². The lowest BCUT2D eigenvalue weighted by Gasteiger charge is -2.21. The van der Waals surface area contributed by atoms with E-state index in [1.807, 2.05) is 13.8 Å². The van der Waals surface area contributed by atoms with Gasteiger partial charge in [-0.25, -0.2) is 0 Å². The molecule has 0 aromatic heterocycles. The molecule has 0 N–H and O–H groups in total. The first kappa shape index (κ1) is 11.7. The van der Waals surface area contributed by atoms with E-state index >= 15 is 0 Å². The second-order valence-electron chi connectivity index (χ2n) is 4.80. The molecule has 0 bridgehead atoms. The van der Waals surface area contributed by atoms with Gasteiger partial charge in [-0.05, 0) is 31.7 Å². The molecule has 14 heavy (non-hydrogen) atoms. The Morgan fingerprint density at radius 3 is 2.50 bits per heavy atom. The quantitative estimate of drug-likeness (QED) is 0.624. The molecule has 1 aliphatic carbocycles. The molecule has 0 spiro atoms. The molecule has 1 aliphatic rings. The molecule has 2 heteroatoms. The van der Waals surface area contributed by atoms with E-state index in [0.717, 1.165) is 25.4 Å². The van der Waals surface area contributed by atoms with Crippen molar-refractivity contribution in [2.24, 2.45) is 11.8 Å². The third kappa shape index (κ3) is 4.23. The number of carbonyl (C=O) groups excluding carboxylic acids is 1. The smallest absolute Gasteiger partial charge is 0.149 e. The van der Waals surface area contributed by atoms with Gasteiger partial charge < -0.3 is 0 Å². The van der Waals surface area contributed by atoms with Crippen LogP contribution in [0.5, 0.6) is 0 Å². The molecule has 1 rings (SSSR count). The molecule has 0 amide bonds. The Hall–Kier alpha value is -0.370. The number of ketones is 1. The van der Waals surface area contributed by atoms with E-state index in [9.17, 15) is 4.79 Å². The third-order valence-electron chi connectivity index (χ3n) is 2.78. The summed E-state index contributed by atoms with van der Waals surface area (Å²) < 4.78 is 0. The van der Waals surface area contributed by atoms with E-state index in [1.165, 1.54) is 12.8 Å². The predicted octanol–water partition coefficient (Wildman–Crippen LogP) is 2.33. The Morgan fingerprint density at radius 1 is 1.43 bits per heavy atom. The minimum atomic E-state index is 0.188. The molecule has 2 nitrogen and oxygen atoms in total. The van der Waals surface area contributed by atoms with Gasteiger partial charge in [0.15, 0.2) is 0 Å². The van der Waals surface area contributed by atoms with Crippen molar-refractivity contribution in [1.29, 1.82) is 0 Å². The fourth-order valence-electron chi connectivity index (χ4n) is 1.62. The van der Waals surface area contributed by atoms with E-state index in [2.05, 4.69) is 11.8 Å². The molecule has 0 aromatic rings. The van der Waals surface area contributed by atoms with Gasteiger partial charge in [0.2, 0.25) is 0 Å². The summed E-state index contributed by atoms with van der Waals surface area (Å²) >= 11 is 0. The highest BCUT2D eigenvalue weighted by atomic mass is 16.1. The molecule has 0 heterocycles. The largest absolute Gasteiger partial charge is 0.298 e. The van der Waals surface area contributed by atoms with Crippen molar-refractivity contribution in [3.63, 3.8) is 0 Å². The maximum atomic E-state index is 11.6.